The molecule has 0 bridgehead atoms. The summed E-state index contributed by atoms with van der Waals surface area (Å²) in [6.07, 6.45) is 1.26. The first kappa shape index (κ1) is 20.3. The van der Waals surface area contributed by atoms with Crippen molar-refractivity contribution in [3.63, 3.8) is 0 Å². The second-order valence-electron chi connectivity index (χ2n) is 7.36. The molecule has 0 radical (unpaired) electrons. The Labute approximate surface area is 181 Å². The highest BCUT2D eigenvalue weighted by Crippen LogP contribution is 2.43. The Balaban J connectivity index is 1.88. The fourth-order valence-electron chi connectivity index (χ4n) is 4.39. The van der Waals surface area contributed by atoms with Gasteiger partial charge in [-0.25, -0.2) is 0 Å². The molecule has 3 nitrogen and oxygen atoms in total. The highest BCUT2D eigenvalue weighted by atomic mass is 79.9. The van der Waals surface area contributed by atoms with Crippen molar-refractivity contribution in [2.45, 2.75) is 20.3 Å². The third kappa shape index (κ3) is 3.65. The Morgan fingerprint density at radius 1 is 1.03 bits per heavy atom. The molecule has 3 aromatic rings. The van der Waals surface area contributed by atoms with Crippen molar-refractivity contribution in [1.82, 2.24) is 0 Å². The van der Waals surface area contributed by atoms with Crippen LogP contribution < -0.4 is 15.9 Å². The van der Waals surface area contributed by atoms with Gasteiger partial charge in [0.15, 0.2) is 0 Å². The summed E-state index contributed by atoms with van der Waals surface area (Å²) in [4.78, 5) is 13.9. The van der Waals surface area contributed by atoms with Gasteiger partial charge < -0.3 is 10.6 Å². The van der Waals surface area contributed by atoms with E-state index in [2.05, 4.69) is 89.3 Å². The first-order valence-electron chi connectivity index (χ1n) is 10.1. The molecule has 5 heteroatoms. The zero-order valence-corrected chi connectivity index (χ0v) is 19.4. The first-order valence-corrected chi connectivity index (χ1v) is 12.6. The van der Waals surface area contributed by atoms with E-state index >= 15 is 0 Å². The van der Waals surface area contributed by atoms with Crippen molar-refractivity contribution < 1.29 is 4.79 Å². The first-order chi connectivity index (χ1) is 14.0. The van der Waals surface area contributed by atoms with E-state index in [9.17, 15) is 4.79 Å². The molecular formula is C24H26BrN2OP. The predicted octanol–water partition coefficient (Wildman–Crippen LogP) is 4.75. The van der Waals surface area contributed by atoms with Crippen LogP contribution in [0.5, 0.6) is 0 Å². The van der Waals surface area contributed by atoms with Crippen LogP contribution in [0, 0.1) is 0 Å². The molecule has 0 aromatic heterocycles. The lowest BCUT2D eigenvalue weighted by Gasteiger charge is -2.21. The van der Waals surface area contributed by atoms with Gasteiger partial charge in [-0.2, -0.15) is 0 Å². The highest BCUT2D eigenvalue weighted by molar-refractivity contribution is 9.10. The van der Waals surface area contributed by atoms with Crippen LogP contribution in [0.1, 0.15) is 31.4 Å². The van der Waals surface area contributed by atoms with E-state index in [1.54, 1.807) is 0 Å². The van der Waals surface area contributed by atoms with Gasteiger partial charge in [0.25, 0.3) is 0 Å². The van der Waals surface area contributed by atoms with Crippen LogP contribution in [0.15, 0.2) is 59.1 Å². The number of amides is 1. The normalized spacial score (nSPS) is 15.1. The molecule has 1 unspecified atom stereocenters. The number of nitrogens with zero attached hydrogens (tertiary/aromatic N) is 1. The summed E-state index contributed by atoms with van der Waals surface area (Å²) in [5, 5.41) is 5.38. The van der Waals surface area contributed by atoms with Gasteiger partial charge in [0.2, 0.25) is 5.91 Å². The quantitative estimate of drug-likeness (QED) is 0.508. The van der Waals surface area contributed by atoms with Crippen molar-refractivity contribution in [1.29, 1.82) is 0 Å². The molecule has 4 rings (SSSR count). The summed E-state index contributed by atoms with van der Waals surface area (Å²) in [5.74, 6) is -0.219. The predicted molar refractivity (Wildman–Crippen MR) is 131 cm³/mol. The van der Waals surface area contributed by atoms with E-state index < -0.39 is 7.55 Å². The molecular weight excluding hydrogens is 443 g/mol. The molecule has 0 aliphatic carbocycles. The molecule has 2 N–H and O–H groups in total. The Hall–Kier alpha value is -2.03. The number of rotatable bonds is 7. The average molecular weight is 469 g/mol. The number of anilines is 1. The lowest BCUT2D eigenvalue weighted by molar-refractivity contribution is -0.117. The van der Waals surface area contributed by atoms with Crippen LogP contribution in [0.3, 0.4) is 0 Å². The molecule has 1 amide bonds. The molecule has 3 aromatic carbocycles. The zero-order chi connectivity index (χ0) is 20.5. The van der Waals surface area contributed by atoms with Gasteiger partial charge in [-0.05, 0) is 70.7 Å². The van der Waals surface area contributed by atoms with E-state index in [4.69, 9.17) is 5.73 Å². The molecule has 1 atom stereocenters. The van der Waals surface area contributed by atoms with Crippen molar-refractivity contribution >= 4 is 56.4 Å². The van der Waals surface area contributed by atoms with Gasteiger partial charge in [-0.3, -0.25) is 4.79 Å². The van der Waals surface area contributed by atoms with Gasteiger partial charge in [0.1, 0.15) is 0 Å². The number of carbonyl (C=O) groups is 1. The standard InChI is InChI=1S/C24H26BrN2OP/c1-3-27(4-2)17-10-8-16(9-11-17)24-19-7-5-6-18-20(25)12-13-21(23(18)19)29(24)15-14-22(26)28/h5-13,29H,3-4,14-15H2,1-2H3,(H2,26,28). The van der Waals surface area contributed by atoms with Crippen molar-refractivity contribution in [2.24, 2.45) is 5.73 Å². The maximum Gasteiger partial charge on any atom is 0.217 e. The Kier molecular flexibility index (Phi) is 5.85. The minimum absolute atomic E-state index is 0.219. The lowest BCUT2D eigenvalue weighted by atomic mass is 9.98. The number of hydrogen-bond acceptors (Lipinski definition) is 2. The highest BCUT2D eigenvalue weighted by Gasteiger charge is 2.25. The Morgan fingerprint density at radius 3 is 2.41 bits per heavy atom. The number of benzene rings is 3. The number of nitrogens with two attached hydrogens (primary N) is 1. The Bertz CT molecular complexity index is 1120. The maximum absolute atomic E-state index is 11.6. The largest absolute Gasteiger partial charge is 0.372 e. The summed E-state index contributed by atoms with van der Waals surface area (Å²) in [5.41, 5.74) is 9.35. The SMILES string of the molecule is CCN(CC)c1ccc(C2=[PH](CCC(N)=O)c3ccc(Br)c4cccc2c34)cc1. The summed E-state index contributed by atoms with van der Waals surface area (Å²) in [6.45, 7) is 6.37. The third-order valence-corrected chi connectivity index (χ3v) is 9.46. The summed E-state index contributed by atoms with van der Waals surface area (Å²) < 4.78 is 1.12. The van der Waals surface area contributed by atoms with E-state index in [1.807, 2.05) is 0 Å². The van der Waals surface area contributed by atoms with E-state index in [0.717, 1.165) is 23.7 Å². The monoisotopic (exact) mass is 468 g/mol. The van der Waals surface area contributed by atoms with Gasteiger partial charge in [-0.1, -0.05) is 59.9 Å². The van der Waals surface area contributed by atoms with Crippen LogP contribution in [-0.2, 0) is 4.79 Å². The minimum Gasteiger partial charge on any atom is -0.372 e. The summed E-state index contributed by atoms with van der Waals surface area (Å²) in [6, 6.07) is 19.9. The van der Waals surface area contributed by atoms with Crippen LogP contribution in [0.4, 0.5) is 5.69 Å². The molecule has 29 heavy (non-hydrogen) atoms. The van der Waals surface area contributed by atoms with Crippen LogP contribution in [0.25, 0.3) is 10.8 Å². The second-order valence-corrected chi connectivity index (χ2v) is 10.7. The molecule has 0 fully saturated rings. The topological polar surface area (TPSA) is 46.3 Å². The van der Waals surface area contributed by atoms with Gasteiger partial charge in [0, 0.05) is 29.7 Å². The van der Waals surface area contributed by atoms with Crippen molar-refractivity contribution in [3.8, 4) is 0 Å². The Morgan fingerprint density at radius 2 is 1.76 bits per heavy atom. The smallest absolute Gasteiger partial charge is 0.217 e. The fourth-order valence-corrected chi connectivity index (χ4v) is 8.05. The number of primary amides is 1. The molecule has 0 saturated carbocycles. The summed E-state index contributed by atoms with van der Waals surface area (Å²) >= 11 is 3.72. The maximum atomic E-state index is 11.6. The molecule has 1 heterocycles. The van der Waals surface area contributed by atoms with E-state index in [0.29, 0.717) is 6.42 Å². The zero-order valence-electron chi connectivity index (χ0n) is 16.8. The van der Waals surface area contributed by atoms with Gasteiger partial charge in [0.05, 0.1) is 0 Å². The molecule has 0 spiro atoms. The molecule has 0 saturated heterocycles. The molecule has 1 aliphatic heterocycles. The molecule has 150 valence electrons. The minimum atomic E-state index is -1.08. The second kappa shape index (κ2) is 8.38. The fraction of sp³-hybridized carbons (Fsp3) is 0.250. The van der Waals surface area contributed by atoms with E-state index in [-0.39, 0.29) is 5.91 Å². The number of halogens is 1. The van der Waals surface area contributed by atoms with Crippen molar-refractivity contribution in [3.05, 3.63) is 70.2 Å². The third-order valence-electron chi connectivity index (χ3n) is 5.79. The van der Waals surface area contributed by atoms with Crippen LogP contribution in [0.2, 0.25) is 0 Å². The number of hydrogen-bond donors (Lipinski definition) is 1. The molecule has 1 aliphatic rings. The average Bonchev–Trinajstić information content (AvgIpc) is 3.05. The van der Waals surface area contributed by atoms with Gasteiger partial charge >= 0.3 is 0 Å². The number of carbonyl (C=O) groups excluding carboxylic acids is 1. The van der Waals surface area contributed by atoms with E-state index in [1.165, 1.54) is 38.2 Å². The summed E-state index contributed by atoms with van der Waals surface area (Å²) in [7, 11) is -1.08. The lowest BCUT2D eigenvalue weighted by Crippen LogP contribution is -2.21. The van der Waals surface area contributed by atoms with Crippen LogP contribution in [-0.4, -0.2) is 30.5 Å². The van der Waals surface area contributed by atoms with Crippen molar-refractivity contribution in [2.75, 3.05) is 24.2 Å². The van der Waals surface area contributed by atoms with Gasteiger partial charge in [-0.15, -0.1) is 0 Å². The van der Waals surface area contributed by atoms with Crippen LogP contribution >= 0.6 is 23.5 Å².